The molecule has 0 radical (unpaired) electrons. The Kier molecular flexibility index (Phi) is 6.62. The number of rotatable bonds is 7. The molecule has 3 aromatic rings. The van der Waals surface area contributed by atoms with Crippen molar-refractivity contribution in [1.29, 1.82) is 0 Å². The normalized spacial score (nSPS) is 16.4. The number of carbonyl (C=O) groups excluding carboxylic acids is 1. The maximum absolute atomic E-state index is 12.7. The van der Waals surface area contributed by atoms with Gasteiger partial charge in [0.15, 0.2) is 0 Å². The van der Waals surface area contributed by atoms with Crippen LogP contribution in [0.25, 0.3) is 0 Å². The highest BCUT2D eigenvalue weighted by Gasteiger charge is 2.20. The lowest BCUT2D eigenvalue weighted by Gasteiger charge is -2.34. The lowest BCUT2D eigenvalue weighted by Crippen LogP contribution is -2.48. The van der Waals surface area contributed by atoms with Crippen LogP contribution < -0.4 is 10.1 Å². The van der Waals surface area contributed by atoms with E-state index in [1.165, 1.54) is 11.1 Å². The summed E-state index contributed by atoms with van der Waals surface area (Å²) in [6.45, 7) is 6.27. The number of aromatic nitrogens is 2. The molecule has 0 aliphatic carbocycles. The molecule has 0 saturated carbocycles. The number of piperazine rings is 1. The van der Waals surface area contributed by atoms with E-state index >= 15 is 0 Å². The van der Waals surface area contributed by atoms with Gasteiger partial charge in [-0.3, -0.25) is 14.6 Å². The summed E-state index contributed by atoms with van der Waals surface area (Å²) in [6.07, 6.45) is 2.69. The molecule has 2 aliphatic rings. The topological polar surface area (TPSA) is 62.6 Å². The highest BCUT2D eigenvalue weighted by molar-refractivity contribution is 6.31. The highest BCUT2D eigenvalue weighted by atomic mass is 35.5. The van der Waals surface area contributed by atoms with E-state index in [1.807, 2.05) is 30.3 Å². The molecule has 0 atom stereocenters. The zero-order valence-corrected chi connectivity index (χ0v) is 19.3. The number of halogens is 1. The number of nitrogens with one attached hydrogen (secondary N) is 1. The summed E-state index contributed by atoms with van der Waals surface area (Å²) in [5.41, 5.74) is 3.61. The SMILES string of the molecule is O=C(CN1CCN(Cc2ccc3c(c2)CCO3)CC1)Nc1ccnn1Cc1ccccc1Cl. The first-order valence-electron chi connectivity index (χ1n) is 11.4. The Balaban J connectivity index is 1.10. The lowest BCUT2D eigenvalue weighted by atomic mass is 10.1. The van der Waals surface area contributed by atoms with Crippen molar-refractivity contribution in [3.63, 3.8) is 0 Å². The van der Waals surface area contributed by atoms with Gasteiger partial charge in [0.2, 0.25) is 5.91 Å². The fourth-order valence-electron chi connectivity index (χ4n) is 4.44. The third-order valence-electron chi connectivity index (χ3n) is 6.25. The minimum Gasteiger partial charge on any atom is -0.493 e. The van der Waals surface area contributed by atoms with Crippen LogP contribution in [-0.4, -0.2) is 64.8 Å². The average molecular weight is 466 g/mol. The van der Waals surface area contributed by atoms with E-state index in [-0.39, 0.29) is 5.91 Å². The molecule has 0 unspecified atom stereocenters. The molecule has 1 amide bonds. The Labute approximate surface area is 198 Å². The Bertz CT molecular complexity index is 1120. The molecule has 7 nitrogen and oxygen atoms in total. The molecule has 8 heteroatoms. The second-order valence-corrected chi connectivity index (χ2v) is 9.01. The van der Waals surface area contributed by atoms with E-state index in [0.717, 1.165) is 57.1 Å². The summed E-state index contributed by atoms with van der Waals surface area (Å²) in [5, 5.41) is 8.03. The molecule has 5 rings (SSSR count). The van der Waals surface area contributed by atoms with Gasteiger partial charge >= 0.3 is 0 Å². The fraction of sp³-hybridized carbons (Fsp3) is 0.360. The number of nitrogens with zero attached hydrogens (tertiary/aromatic N) is 4. The van der Waals surface area contributed by atoms with E-state index in [1.54, 1.807) is 10.9 Å². The summed E-state index contributed by atoms with van der Waals surface area (Å²) >= 11 is 6.27. The van der Waals surface area contributed by atoms with Gasteiger partial charge < -0.3 is 10.1 Å². The molecule has 3 heterocycles. The Morgan fingerprint density at radius 2 is 1.85 bits per heavy atom. The summed E-state index contributed by atoms with van der Waals surface area (Å²) in [7, 11) is 0. The van der Waals surface area contributed by atoms with E-state index in [4.69, 9.17) is 16.3 Å². The van der Waals surface area contributed by atoms with Gasteiger partial charge in [-0.15, -0.1) is 0 Å². The number of anilines is 1. The van der Waals surface area contributed by atoms with Gasteiger partial charge in [0.1, 0.15) is 11.6 Å². The lowest BCUT2D eigenvalue weighted by molar-refractivity contribution is -0.117. The van der Waals surface area contributed by atoms with Crippen LogP contribution in [0.3, 0.4) is 0 Å². The van der Waals surface area contributed by atoms with Crippen molar-refractivity contribution in [2.45, 2.75) is 19.5 Å². The van der Waals surface area contributed by atoms with Gasteiger partial charge in [0.05, 0.1) is 25.9 Å². The number of hydrogen-bond donors (Lipinski definition) is 1. The van der Waals surface area contributed by atoms with Gasteiger partial charge in [-0.2, -0.15) is 5.10 Å². The number of benzene rings is 2. The standard InChI is InChI=1S/C25H28ClN5O2/c26-22-4-2-1-3-21(22)17-31-24(7-9-27-31)28-25(32)18-30-12-10-29(11-13-30)16-19-5-6-23-20(15-19)8-14-33-23/h1-7,9,15H,8,10-14,16-18H2,(H,28,32). The van der Waals surface area contributed by atoms with Crippen molar-refractivity contribution in [2.24, 2.45) is 0 Å². The third-order valence-corrected chi connectivity index (χ3v) is 6.62. The Morgan fingerprint density at radius 1 is 1.03 bits per heavy atom. The van der Waals surface area contributed by atoms with Crippen LogP contribution in [0.2, 0.25) is 5.02 Å². The van der Waals surface area contributed by atoms with Crippen molar-refractivity contribution in [2.75, 3.05) is 44.6 Å². The van der Waals surface area contributed by atoms with Crippen LogP contribution in [0.4, 0.5) is 5.82 Å². The van der Waals surface area contributed by atoms with Gasteiger partial charge in [-0.25, -0.2) is 4.68 Å². The Hall–Kier alpha value is -2.87. The summed E-state index contributed by atoms with van der Waals surface area (Å²) in [5.74, 6) is 1.69. The summed E-state index contributed by atoms with van der Waals surface area (Å²) in [6, 6.07) is 16.0. The zero-order chi connectivity index (χ0) is 22.6. The molecule has 2 aliphatic heterocycles. The quantitative estimate of drug-likeness (QED) is 0.580. The second-order valence-electron chi connectivity index (χ2n) is 8.61. The van der Waals surface area contributed by atoms with Crippen molar-refractivity contribution >= 4 is 23.3 Å². The highest BCUT2D eigenvalue weighted by Crippen LogP contribution is 2.26. The molecular formula is C25H28ClN5O2. The van der Waals surface area contributed by atoms with Gasteiger partial charge in [0.25, 0.3) is 0 Å². The molecule has 0 bridgehead atoms. The zero-order valence-electron chi connectivity index (χ0n) is 18.5. The molecular weight excluding hydrogens is 438 g/mol. The second kappa shape index (κ2) is 9.95. The molecule has 33 heavy (non-hydrogen) atoms. The van der Waals surface area contributed by atoms with Crippen LogP contribution in [0.1, 0.15) is 16.7 Å². The monoisotopic (exact) mass is 465 g/mol. The van der Waals surface area contributed by atoms with Crippen LogP contribution in [0.5, 0.6) is 5.75 Å². The number of hydrogen-bond acceptors (Lipinski definition) is 5. The maximum atomic E-state index is 12.7. The van der Waals surface area contributed by atoms with Crippen molar-refractivity contribution in [3.8, 4) is 5.75 Å². The number of fused-ring (bicyclic) bond motifs is 1. The number of amides is 1. The van der Waals surface area contributed by atoms with E-state index in [9.17, 15) is 4.79 Å². The predicted molar refractivity (Wildman–Crippen MR) is 129 cm³/mol. The van der Waals surface area contributed by atoms with Gasteiger partial charge in [-0.1, -0.05) is 41.9 Å². The predicted octanol–water partition coefficient (Wildman–Crippen LogP) is 3.28. The van der Waals surface area contributed by atoms with E-state index in [0.29, 0.717) is 23.9 Å². The molecule has 1 fully saturated rings. The Morgan fingerprint density at radius 3 is 2.70 bits per heavy atom. The van der Waals surface area contributed by atoms with Crippen molar-refractivity contribution in [1.82, 2.24) is 19.6 Å². The molecule has 1 aromatic heterocycles. The van der Waals surface area contributed by atoms with Crippen molar-refractivity contribution in [3.05, 3.63) is 76.4 Å². The summed E-state index contributed by atoms with van der Waals surface area (Å²) < 4.78 is 7.37. The van der Waals surface area contributed by atoms with Crippen LogP contribution in [-0.2, 0) is 24.3 Å². The van der Waals surface area contributed by atoms with E-state index < -0.39 is 0 Å². The summed E-state index contributed by atoms with van der Waals surface area (Å²) in [4.78, 5) is 17.3. The van der Waals surface area contributed by atoms with Crippen LogP contribution in [0, 0.1) is 0 Å². The minimum atomic E-state index is -0.0250. The van der Waals surface area contributed by atoms with Crippen LogP contribution >= 0.6 is 11.6 Å². The first kappa shape index (κ1) is 21.9. The molecule has 172 valence electrons. The van der Waals surface area contributed by atoms with Gasteiger partial charge in [-0.05, 0) is 28.8 Å². The molecule has 1 saturated heterocycles. The molecule has 1 N–H and O–H groups in total. The molecule has 2 aromatic carbocycles. The van der Waals surface area contributed by atoms with Crippen LogP contribution in [0.15, 0.2) is 54.7 Å². The first-order valence-corrected chi connectivity index (χ1v) is 11.8. The smallest absolute Gasteiger partial charge is 0.239 e. The van der Waals surface area contributed by atoms with Crippen molar-refractivity contribution < 1.29 is 9.53 Å². The maximum Gasteiger partial charge on any atom is 0.239 e. The minimum absolute atomic E-state index is 0.0250. The average Bonchev–Trinajstić information content (AvgIpc) is 3.46. The number of carbonyl (C=O) groups is 1. The first-order chi connectivity index (χ1) is 16.1. The van der Waals surface area contributed by atoms with Gasteiger partial charge in [0, 0.05) is 50.2 Å². The largest absolute Gasteiger partial charge is 0.493 e. The fourth-order valence-corrected chi connectivity index (χ4v) is 4.64. The molecule has 0 spiro atoms. The van der Waals surface area contributed by atoms with E-state index in [2.05, 4.69) is 38.4 Å². The third kappa shape index (κ3) is 5.38. The number of ether oxygens (including phenoxy) is 1.